The quantitative estimate of drug-likeness (QED) is 0.342. The molecule has 3 rings (SSSR count). The molecule has 0 fully saturated rings. The molecular weight excluding hydrogens is 425 g/mol. The Labute approximate surface area is 178 Å². The van der Waals surface area contributed by atoms with Gasteiger partial charge < -0.3 is 15.4 Å². The lowest BCUT2D eigenvalue weighted by molar-refractivity contribution is 0.153. The minimum atomic E-state index is -3.84. The average molecular weight is 443 g/mol. The smallest absolute Gasteiger partial charge is 0.262 e. The summed E-state index contributed by atoms with van der Waals surface area (Å²) in [7, 11) is -2.64. The SMILES string of the molecule is C#CCOc1ccc(Nc2nc(Nc3cccc(S(=O)(=O)NOC)c3)ncc2F)cc1. The normalized spacial score (nSPS) is 10.9. The molecule has 0 radical (unpaired) electrons. The van der Waals surface area contributed by atoms with Crippen LogP contribution in [-0.2, 0) is 14.9 Å². The van der Waals surface area contributed by atoms with Gasteiger partial charge in [0, 0.05) is 11.4 Å². The van der Waals surface area contributed by atoms with Crippen molar-refractivity contribution in [1.82, 2.24) is 14.9 Å². The van der Waals surface area contributed by atoms with Crippen molar-refractivity contribution in [2.45, 2.75) is 4.90 Å². The van der Waals surface area contributed by atoms with Gasteiger partial charge in [0.1, 0.15) is 12.4 Å². The third-order valence-corrected chi connectivity index (χ3v) is 5.04. The molecule has 1 heterocycles. The number of benzene rings is 2. The largest absolute Gasteiger partial charge is 0.481 e. The number of hydrogen-bond donors (Lipinski definition) is 3. The lowest BCUT2D eigenvalue weighted by Crippen LogP contribution is -2.22. The molecule has 0 bridgehead atoms. The summed E-state index contributed by atoms with van der Waals surface area (Å²) >= 11 is 0. The Balaban J connectivity index is 1.76. The summed E-state index contributed by atoms with van der Waals surface area (Å²) < 4.78 is 43.6. The molecule has 0 atom stereocenters. The summed E-state index contributed by atoms with van der Waals surface area (Å²) in [6.45, 7) is 0.145. The highest BCUT2D eigenvalue weighted by atomic mass is 32.2. The fraction of sp³-hybridized carbons (Fsp3) is 0.100. The van der Waals surface area contributed by atoms with Gasteiger partial charge in [-0.15, -0.1) is 6.42 Å². The fourth-order valence-electron chi connectivity index (χ4n) is 2.44. The number of ether oxygens (including phenoxy) is 1. The van der Waals surface area contributed by atoms with E-state index in [0.717, 1.165) is 6.20 Å². The first-order valence-electron chi connectivity index (χ1n) is 8.79. The third-order valence-electron chi connectivity index (χ3n) is 3.78. The van der Waals surface area contributed by atoms with Gasteiger partial charge in [0.2, 0.25) is 5.95 Å². The van der Waals surface area contributed by atoms with Gasteiger partial charge >= 0.3 is 0 Å². The molecule has 0 spiro atoms. The van der Waals surface area contributed by atoms with Crippen LogP contribution in [0.1, 0.15) is 0 Å². The van der Waals surface area contributed by atoms with Crippen molar-refractivity contribution in [3.63, 3.8) is 0 Å². The van der Waals surface area contributed by atoms with Crippen LogP contribution in [0.3, 0.4) is 0 Å². The van der Waals surface area contributed by atoms with E-state index in [1.807, 2.05) is 4.89 Å². The third kappa shape index (κ3) is 5.89. The summed E-state index contributed by atoms with van der Waals surface area (Å²) in [4.78, 5) is 14.4. The lowest BCUT2D eigenvalue weighted by Gasteiger charge is -2.11. The van der Waals surface area contributed by atoms with Crippen LogP contribution in [-0.4, -0.2) is 32.1 Å². The summed E-state index contributed by atoms with van der Waals surface area (Å²) in [6.07, 6.45) is 6.14. The van der Waals surface area contributed by atoms with Gasteiger partial charge in [0.25, 0.3) is 10.0 Å². The molecule has 0 unspecified atom stereocenters. The molecule has 11 heteroatoms. The molecule has 1 aromatic heterocycles. The van der Waals surface area contributed by atoms with Gasteiger partial charge in [-0.1, -0.05) is 16.9 Å². The molecule has 31 heavy (non-hydrogen) atoms. The van der Waals surface area contributed by atoms with Gasteiger partial charge in [0.15, 0.2) is 11.6 Å². The maximum Gasteiger partial charge on any atom is 0.262 e. The number of aromatic nitrogens is 2. The fourth-order valence-corrected chi connectivity index (χ4v) is 3.29. The van der Waals surface area contributed by atoms with Crippen LogP contribution in [0, 0.1) is 18.2 Å². The Morgan fingerprint density at radius 3 is 2.61 bits per heavy atom. The van der Waals surface area contributed by atoms with Crippen molar-refractivity contribution in [1.29, 1.82) is 0 Å². The second-order valence-electron chi connectivity index (χ2n) is 5.98. The number of terminal acetylenes is 1. The number of sulfonamides is 1. The molecular formula is C20H18FN5O4S. The van der Waals surface area contributed by atoms with E-state index in [1.54, 1.807) is 30.3 Å². The van der Waals surface area contributed by atoms with Crippen LogP contribution in [0.5, 0.6) is 5.75 Å². The zero-order valence-corrected chi connectivity index (χ0v) is 17.1. The van der Waals surface area contributed by atoms with Gasteiger partial charge in [0.05, 0.1) is 18.2 Å². The molecule has 3 N–H and O–H groups in total. The van der Waals surface area contributed by atoms with Crippen molar-refractivity contribution < 1.29 is 22.4 Å². The number of nitrogens with zero attached hydrogens (tertiary/aromatic N) is 2. The molecule has 2 aromatic carbocycles. The van der Waals surface area contributed by atoms with E-state index in [0.29, 0.717) is 17.1 Å². The van der Waals surface area contributed by atoms with Crippen LogP contribution in [0.15, 0.2) is 59.6 Å². The summed E-state index contributed by atoms with van der Waals surface area (Å²) in [5, 5.41) is 5.69. The number of rotatable bonds is 9. The molecule has 0 aliphatic carbocycles. The maximum atomic E-state index is 14.2. The predicted octanol–water partition coefficient (Wildman–Crippen LogP) is 2.95. The molecule has 9 nitrogen and oxygen atoms in total. The first kappa shape index (κ1) is 22.0. The minimum Gasteiger partial charge on any atom is -0.481 e. The van der Waals surface area contributed by atoms with E-state index in [4.69, 9.17) is 11.2 Å². The van der Waals surface area contributed by atoms with E-state index >= 15 is 0 Å². The van der Waals surface area contributed by atoms with Crippen LogP contribution in [0.4, 0.5) is 27.5 Å². The standard InChI is InChI=1S/C20H18FN5O4S/c1-3-11-30-16-9-7-14(8-10-16)23-19-18(21)13-22-20(25-19)24-15-5-4-6-17(12-15)31(27,28)26-29-2/h1,4-10,12-13,26H,11H2,2H3,(H2,22,23,24,25). The molecule has 160 valence electrons. The van der Waals surface area contributed by atoms with Crippen molar-refractivity contribution in [3.8, 4) is 18.1 Å². The minimum absolute atomic E-state index is 0.0352. The van der Waals surface area contributed by atoms with Crippen LogP contribution in [0.2, 0.25) is 0 Å². The Bertz CT molecular complexity index is 1200. The Hall–Kier alpha value is -3.72. The molecule has 0 aliphatic rings. The maximum absolute atomic E-state index is 14.2. The highest BCUT2D eigenvalue weighted by Gasteiger charge is 2.14. The number of halogens is 1. The van der Waals surface area contributed by atoms with Crippen molar-refractivity contribution in [2.75, 3.05) is 24.4 Å². The van der Waals surface area contributed by atoms with Crippen molar-refractivity contribution in [2.24, 2.45) is 0 Å². The Kier molecular flexibility index (Phi) is 6.99. The first-order chi connectivity index (χ1) is 14.9. The van der Waals surface area contributed by atoms with Crippen molar-refractivity contribution >= 4 is 33.2 Å². The predicted molar refractivity (Wildman–Crippen MR) is 113 cm³/mol. The second-order valence-corrected chi connectivity index (χ2v) is 7.62. The topological polar surface area (TPSA) is 114 Å². The second kappa shape index (κ2) is 9.86. The zero-order valence-electron chi connectivity index (χ0n) is 16.3. The van der Waals surface area contributed by atoms with Crippen LogP contribution in [0.25, 0.3) is 0 Å². The summed E-state index contributed by atoms with van der Waals surface area (Å²) in [5.74, 6) is 2.27. The van der Waals surface area contributed by atoms with Gasteiger partial charge in [-0.05, 0) is 42.5 Å². The lowest BCUT2D eigenvalue weighted by atomic mass is 10.3. The monoisotopic (exact) mass is 443 g/mol. The van der Waals surface area contributed by atoms with Gasteiger partial charge in [-0.3, -0.25) is 4.84 Å². The molecule has 0 amide bonds. The number of hydrogen-bond acceptors (Lipinski definition) is 8. The van der Waals surface area contributed by atoms with E-state index in [-0.39, 0.29) is 23.3 Å². The first-order valence-corrected chi connectivity index (χ1v) is 10.3. The zero-order chi connectivity index (χ0) is 22.3. The van der Waals surface area contributed by atoms with Gasteiger partial charge in [-0.25, -0.2) is 17.8 Å². The van der Waals surface area contributed by atoms with Crippen molar-refractivity contribution in [3.05, 3.63) is 60.5 Å². The number of nitrogens with one attached hydrogen (secondary N) is 3. The molecule has 3 aromatic rings. The highest BCUT2D eigenvalue weighted by Crippen LogP contribution is 2.23. The molecule has 0 saturated heterocycles. The molecule has 0 aliphatic heterocycles. The van der Waals surface area contributed by atoms with E-state index in [2.05, 4.69) is 31.4 Å². The molecule has 0 saturated carbocycles. The Morgan fingerprint density at radius 2 is 1.90 bits per heavy atom. The highest BCUT2D eigenvalue weighted by molar-refractivity contribution is 7.89. The average Bonchev–Trinajstić information content (AvgIpc) is 2.76. The van der Waals surface area contributed by atoms with E-state index in [1.165, 1.54) is 25.3 Å². The van der Waals surface area contributed by atoms with Gasteiger partial charge in [-0.2, -0.15) is 4.98 Å². The number of anilines is 4. The Morgan fingerprint density at radius 1 is 1.13 bits per heavy atom. The summed E-state index contributed by atoms with van der Waals surface area (Å²) in [5.41, 5.74) is 0.946. The van der Waals surface area contributed by atoms with Crippen LogP contribution < -0.4 is 20.3 Å². The summed E-state index contributed by atoms with van der Waals surface area (Å²) in [6, 6.07) is 12.6. The van der Waals surface area contributed by atoms with E-state index < -0.39 is 15.8 Å². The van der Waals surface area contributed by atoms with E-state index in [9.17, 15) is 12.8 Å². The van der Waals surface area contributed by atoms with Crippen LogP contribution >= 0.6 is 0 Å².